The maximum absolute atomic E-state index is 13.6. The van der Waals surface area contributed by atoms with Crippen molar-refractivity contribution in [3.63, 3.8) is 0 Å². The van der Waals surface area contributed by atoms with Gasteiger partial charge >= 0.3 is 0 Å². The highest BCUT2D eigenvalue weighted by Gasteiger charge is 2.24. The van der Waals surface area contributed by atoms with Crippen LogP contribution in [0.2, 0.25) is 0 Å². The third-order valence-electron chi connectivity index (χ3n) is 5.86. The average Bonchev–Trinajstić information content (AvgIpc) is 3.15. The molecule has 0 saturated heterocycles. The average molecular weight is 420 g/mol. The summed E-state index contributed by atoms with van der Waals surface area (Å²) in [6, 6.07) is 12.9. The largest absolute Gasteiger partial charge is 0.486 e. The molecule has 0 radical (unpaired) electrons. The number of nitrogens with zero attached hydrogens (tertiary/aromatic N) is 2. The van der Waals surface area contributed by atoms with Crippen LogP contribution < -0.4 is 9.47 Å². The minimum Gasteiger partial charge on any atom is -0.486 e. The predicted octanol–water partition coefficient (Wildman–Crippen LogP) is 4.87. The van der Waals surface area contributed by atoms with E-state index in [0.29, 0.717) is 6.61 Å². The van der Waals surface area contributed by atoms with Crippen molar-refractivity contribution in [3.8, 4) is 11.5 Å². The highest BCUT2D eigenvalue weighted by atomic mass is 19.1. The number of H-pyrrole nitrogens is 1. The SMILES string of the molecule is Cc1ccc2c3c(ccc2n1)OCC(CN(C)CCCc1c[nH]c2ccc(F)cc12)O3. The Bertz CT molecular complexity index is 1240. The van der Waals surface area contributed by atoms with Gasteiger partial charge in [-0.3, -0.25) is 4.98 Å². The molecule has 1 aliphatic rings. The maximum Gasteiger partial charge on any atom is 0.171 e. The van der Waals surface area contributed by atoms with Gasteiger partial charge in [0.2, 0.25) is 0 Å². The summed E-state index contributed by atoms with van der Waals surface area (Å²) in [5.41, 5.74) is 4.04. The molecule has 4 aromatic rings. The molecular formula is C25H26FN3O2. The van der Waals surface area contributed by atoms with Crippen molar-refractivity contribution in [1.29, 1.82) is 0 Å². The number of aryl methyl sites for hydroxylation is 2. The molecule has 0 spiro atoms. The molecule has 0 fully saturated rings. The van der Waals surface area contributed by atoms with Gasteiger partial charge in [-0.15, -0.1) is 0 Å². The highest BCUT2D eigenvalue weighted by Crippen LogP contribution is 2.38. The Morgan fingerprint density at radius 1 is 1.16 bits per heavy atom. The molecule has 160 valence electrons. The van der Waals surface area contributed by atoms with Crippen LogP contribution in [0.5, 0.6) is 11.5 Å². The van der Waals surface area contributed by atoms with Crippen molar-refractivity contribution in [1.82, 2.24) is 14.9 Å². The van der Waals surface area contributed by atoms with E-state index in [1.807, 2.05) is 31.3 Å². The first-order valence-electron chi connectivity index (χ1n) is 10.7. The number of hydrogen-bond donors (Lipinski definition) is 1. The monoisotopic (exact) mass is 419 g/mol. The van der Waals surface area contributed by atoms with Crippen LogP contribution >= 0.6 is 0 Å². The van der Waals surface area contributed by atoms with Gasteiger partial charge in [-0.1, -0.05) is 0 Å². The number of hydrogen-bond acceptors (Lipinski definition) is 4. The van der Waals surface area contributed by atoms with Crippen molar-refractivity contribution < 1.29 is 13.9 Å². The van der Waals surface area contributed by atoms with E-state index in [4.69, 9.17) is 9.47 Å². The van der Waals surface area contributed by atoms with Gasteiger partial charge in [0.25, 0.3) is 0 Å². The van der Waals surface area contributed by atoms with Crippen LogP contribution in [-0.4, -0.2) is 47.7 Å². The third-order valence-corrected chi connectivity index (χ3v) is 5.86. The zero-order chi connectivity index (χ0) is 21.4. The van der Waals surface area contributed by atoms with Gasteiger partial charge in [0, 0.05) is 34.7 Å². The minimum absolute atomic E-state index is 0.0356. The molecule has 3 heterocycles. The zero-order valence-electron chi connectivity index (χ0n) is 17.8. The van der Waals surface area contributed by atoms with Crippen molar-refractivity contribution in [2.75, 3.05) is 26.7 Å². The Morgan fingerprint density at radius 3 is 2.97 bits per heavy atom. The lowest BCUT2D eigenvalue weighted by Crippen LogP contribution is -2.39. The number of pyridine rings is 1. The standard InChI is InChI=1S/C25H26FN3O2/c1-16-5-7-20-23(28-16)9-10-24-25(20)31-19(15-30-24)14-29(2)11-3-4-17-13-27-22-8-6-18(26)12-21(17)22/h5-10,12-13,19,27H,3-4,11,14-15H2,1-2H3. The zero-order valence-corrected chi connectivity index (χ0v) is 17.8. The molecule has 0 aliphatic carbocycles. The van der Waals surface area contributed by atoms with E-state index in [0.717, 1.165) is 70.5 Å². The number of aromatic nitrogens is 2. The van der Waals surface area contributed by atoms with Gasteiger partial charge in [0.1, 0.15) is 18.5 Å². The van der Waals surface area contributed by atoms with Gasteiger partial charge in [-0.25, -0.2) is 4.39 Å². The van der Waals surface area contributed by atoms with E-state index in [1.165, 1.54) is 6.07 Å². The molecule has 31 heavy (non-hydrogen) atoms. The number of ether oxygens (including phenoxy) is 2. The van der Waals surface area contributed by atoms with Crippen LogP contribution in [0.1, 0.15) is 17.7 Å². The van der Waals surface area contributed by atoms with E-state index in [-0.39, 0.29) is 11.9 Å². The summed E-state index contributed by atoms with van der Waals surface area (Å²) in [5.74, 6) is 1.37. The number of rotatable bonds is 6. The minimum atomic E-state index is -0.196. The normalized spacial score (nSPS) is 15.8. The van der Waals surface area contributed by atoms with Crippen LogP contribution in [0.25, 0.3) is 21.8 Å². The lowest BCUT2D eigenvalue weighted by Gasteiger charge is -2.30. The fraction of sp³-hybridized carbons (Fsp3) is 0.320. The van der Waals surface area contributed by atoms with E-state index in [2.05, 4.69) is 28.0 Å². The van der Waals surface area contributed by atoms with Gasteiger partial charge in [-0.05, 0) is 81.4 Å². The lowest BCUT2D eigenvalue weighted by atomic mass is 10.1. The fourth-order valence-electron chi connectivity index (χ4n) is 4.30. The summed E-state index contributed by atoms with van der Waals surface area (Å²) in [5, 5.41) is 1.96. The fourth-order valence-corrected chi connectivity index (χ4v) is 4.30. The highest BCUT2D eigenvalue weighted by molar-refractivity contribution is 5.88. The molecule has 2 aromatic heterocycles. The summed E-state index contributed by atoms with van der Waals surface area (Å²) in [6.07, 6.45) is 3.83. The van der Waals surface area contributed by atoms with E-state index in [9.17, 15) is 4.39 Å². The summed E-state index contributed by atoms with van der Waals surface area (Å²) < 4.78 is 25.9. The van der Waals surface area contributed by atoms with Gasteiger partial charge in [-0.2, -0.15) is 0 Å². The Balaban J connectivity index is 1.20. The molecule has 6 heteroatoms. The molecule has 0 bridgehead atoms. The first-order chi connectivity index (χ1) is 15.1. The van der Waals surface area contributed by atoms with Crippen LogP contribution in [0.3, 0.4) is 0 Å². The molecule has 5 rings (SSSR count). The first-order valence-corrected chi connectivity index (χ1v) is 10.7. The Labute approximate surface area is 180 Å². The molecule has 1 unspecified atom stereocenters. The van der Waals surface area contributed by atoms with Crippen molar-refractivity contribution in [2.45, 2.75) is 25.9 Å². The van der Waals surface area contributed by atoms with Gasteiger partial charge < -0.3 is 19.4 Å². The number of likely N-dealkylation sites (N-methyl/N-ethyl adjacent to an activating group) is 1. The summed E-state index contributed by atoms with van der Waals surface area (Å²) >= 11 is 0. The van der Waals surface area contributed by atoms with Crippen LogP contribution in [0.4, 0.5) is 4.39 Å². The molecule has 1 N–H and O–H groups in total. The molecular weight excluding hydrogens is 393 g/mol. The predicted molar refractivity (Wildman–Crippen MR) is 120 cm³/mol. The second kappa shape index (κ2) is 8.19. The summed E-state index contributed by atoms with van der Waals surface area (Å²) in [6.45, 7) is 4.22. The van der Waals surface area contributed by atoms with E-state index >= 15 is 0 Å². The van der Waals surface area contributed by atoms with Crippen LogP contribution in [-0.2, 0) is 6.42 Å². The second-order valence-corrected chi connectivity index (χ2v) is 8.33. The quantitative estimate of drug-likeness (QED) is 0.485. The van der Waals surface area contributed by atoms with Crippen molar-refractivity contribution in [3.05, 3.63) is 65.7 Å². The third kappa shape index (κ3) is 4.08. The van der Waals surface area contributed by atoms with Crippen LogP contribution in [0, 0.1) is 12.7 Å². The van der Waals surface area contributed by atoms with Crippen molar-refractivity contribution >= 4 is 21.8 Å². The first kappa shape index (κ1) is 19.8. The lowest BCUT2D eigenvalue weighted by molar-refractivity contribution is 0.0670. The number of fused-ring (bicyclic) bond motifs is 4. The van der Waals surface area contributed by atoms with Crippen molar-refractivity contribution in [2.24, 2.45) is 0 Å². The number of benzene rings is 2. The van der Waals surface area contributed by atoms with Gasteiger partial charge in [0.15, 0.2) is 11.5 Å². The second-order valence-electron chi connectivity index (χ2n) is 8.33. The molecule has 0 amide bonds. The number of nitrogens with one attached hydrogen (secondary N) is 1. The summed E-state index contributed by atoms with van der Waals surface area (Å²) in [4.78, 5) is 10.1. The summed E-state index contributed by atoms with van der Waals surface area (Å²) in [7, 11) is 2.10. The molecule has 1 atom stereocenters. The molecule has 0 saturated carbocycles. The Hall–Kier alpha value is -3.12. The number of halogens is 1. The topological polar surface area (TPSA) is 50.4 Å². The van der Waals surface area contributed by atoms with E-state index < -0.39 is 0 Å². The number of aromatic amines is 1. The molecule has 2 aromatic carbocycles. The molecule has 5 nitrogen and oxygen atoms in total. The smallest absolute Gasteiger partial charge is 0.171 e. The van der Waals surface area contributed by atoms with Crippen LogP contribution in [0.15, 0.2) is 48.7 Å². The Morgan fingerprint density at radius 2 is 2.06 bits per heavy atom. The van der Waals surface area contributed by atoms with E-state index in [1.54, 1.807) is 12.1 Å². The molecule has 1 aliphatic heterocycles. The maximum atomic E-state index is 13.6. The Kier molecular flexibility index (Phi) is 5.24. The van der Waals surface area contributed by atoms with Gasteiger partial charge in [0.05, 0.1) is 5.52 Å².